The van der Waals surface area contributed by atoms with Crippen LogP contribution in [0.15, 0.2) is 41.6 Å². The lowest BCUT2D eigenvalue weighted by molar-refractivity contribution is -0.116. The van der Waals surface area contributed by atoms with Crippen LogP contribution in [0.25, 0.3) is 0 Å². The molecule has 88 valence electrons. The number of nitrogens with one attached hydrogen (secondary N) is 2. The maximum absolute atomic E-state index is 11.9. The Morgan fingerprint density at radius 1 is 1.29 bits per heavy atom. The monoisotopic (exact) mass is 229 g/mol. The first-order chi connectivity index (χ1) is 8.27. The molecule has 0 spiro atoms. The summed E-state index contributed by atoms with van der Waals surface area (Å²) in [7, 11) is 0. The second-order valence-electron chi connectivity index (χ2n) is 4.36. The number of carbonyl (C=O) groups excluding carboxylic acids is 1. The van der Waals surface area contributed by atoms with Gasteiger partial charge >= 0.3 is 0 Å². The Kier molecular flexibility index (Phi) is 2.46. The van der Waals surface area contributed by atoms with Crippen LogP contribution in [0, 0.1) is 0 Å². The van der Waals surface area contributed by atoms with Gasteiger partial charge in [0.15, 0.2) is 5.78 Å². The normalized spacial score (nSPS) is 24.2. The second kappa shape index (κ2) is 3.98. The van der Waals surface area contributed by atoms with Gasteiger partial charge in [-0.3, -0.25) is 15.1 Å². The Balaban J connectivity index is 1.98. The summed E-state index contributed by atoms with van der Waals surface area (Å²) in [5.74, 6) is 0.247. The van der Waals surface area contributed by atoms with Gasteiger partial charge in [0.1, 0.15) is 6.17 Å². The number of rotatable bonds is 1. The first-order valence-corrected chi connectivity index (χ1v) is 5.86. The van der Waals surface area contributed by atoms with E-state index in [0.717, 1.165) is 23.5 Å². The number of anilines is 1. The quantitative estimate of drug-likeness (QED) is 0.759. The van der Waals surface area contributed by atoms with Gasteiger partial charge in [-0.25, -0.2) is 5.43 Å². The molecule has 0 radical (unpaired) electrons. The average molecular weight is 229 g/mol. The van der Waals surface area contributed by atoms with Crippen LogP contribution < -0.4 is 15.8 Å². The van der Waals surface area contributed by atoms with E-state index in [1.54, 1.807) is 0 Å². The third kappa shape index (κ3) is 1.66. The van der Waals surface area contributed by atoms with Crippen LogP contribution in [0.2, 0.25) is 0 Å². The average Bonchev–Trinajstić information content (AvgIpc) is 2.69. The number of hydrogen-bond acceptors (Lipinski definition) is 4. The third-order valence-electron chi connectivity index (χ3n) is 3.29. The Bertz CT molecular complexity index is 481. The molecule has 0 aliphatic carbocycles. The van der Waals surface area contributed by atoms with Crippen LogP contribution in [0.1, 0.15) is 13.3 Å². The summed E-state index contributed by atoms with van der Waals surface area (Å²) in [5.41, 5.74) is 6.25. The van der Waals surface area contributed by atoms with E-state index in [9.17, 15) is 4.79 Å². The molecule has 1 fully saturated rings. The molecule has 1 aromatic rings. The van der Waals surface area contributed by atoms with E-state index < -0.39 is 0 Å². The molecule has 1 unspecified atom stereocenters. The van der Waals surface area contributed by atoms with Crippen molar-refractivity contribution < 1.29 is 4.79 Å². The topological polar surface area (TPSA) is 44.4 Å². The third-order valence-corrected chi connectivity index (χ3v) is 3.29. The zero-order valence-electron chi connectivity index (χ0n) is 9.73. The minimum absolute atomic E-state index is 0.0311. The zero-order valence-corrected chi connectivity index (χ0v) is 9.73. The summed E-state index contributed by atoms with van der Waals surface area (Å²) in [6.45, 7) is 2.73. The van der Waals surface area contributed by atoms with Crippen molar-refractivity contribution in [1.29, 1.82) is 0 Å². The molecule has 2 heterocycles. The van der Waals surface area contributed by atoms with E-state index in [4.69, 9.17) is 0 Å². The van der Waals surface area contributed by atoms with Crippen LogP contribution in [0.5, 0.6) is 0 Å². The highest BCUT2D eigenvalue weighted by Gasteiger charge is 2.35. The van der Waals surface area contributed by atoms with Gasteiger partial charge in [-0.05, 0) is 19.1 Å². The predicted octanol–water partition coefficient (Wildman–Crippen LogP) is 1.17. The van der Waals surface area contributed by atoms with Crippen LogP contribution in [-0.4, -0.2) is 18.5 Å². The fourth-order valence-corrected chi connectivity index (χ4v) is 2.44. The number of piperidine rings is 1. The van der Waals surface area contributed by atoms with Crippen molar-refractivity contribution in [2.75, 3.05) is 11.6 Å². The highest BCUT2D eigenvalue weighted by atomic mass is 16.1. The fourth-order valence-electron chi connectivity index (χ4n) is 2.44. The number of hydrogen-bond donors (Lipinski definition) is 2. The standard InChI is InChI=1S/C13H15N3O/c1-9-12-11(17)7-8-14-13(12)15-16(9)10-5-3-2-4-6-10/h2-6,13-15H,7-8H2,1H3. The number of Topliss-reactive ketones (excluding diaryl/α,β-unsaturated/α-hetero) is 1. The number of fused-ring (bicyclic) bond motifs is 1. The number of carbonyl (C=O) groups is 1. The van der Waals surface area contributed by atoms with Gasteiger partial charge < -0.3 is 0 Å². The summed E-state index contributed by atoms with van der Waals surface area (Å²) in [4.78, 5) is 11.9. The van der Waals surface area contributed by atoms with Crippen molar-refractivity contribution >= 4 is 11.5 Å². The largest absolute Gasteiger partial charge is 0.296 e. The maximum Gasteiger partial charge on any atom is 0.164 e. The van der Waals surface area contributed by atoms with E-state index in [1.807, 2.05) is 42.3 Å². The Morgan fingerprint density at radius 3 is 2.76 bits per heavy atom. The molecule has 0 amide bonds. The van der Waals surface area contributed by atoms with Gasteiger partial charge in [0.25, 0.3) is 0 Å². The minimum Gasteiger partial charge on any atom is -0.296 e. The molecule has 3 rings (SSSR count). The molecule has 1 saturated heterocycles. The molecule has 1 aromatic carbocycles. The van der Waals surface area contributed by atoms with E-state index in [1.165, 1.54) is 0 Å². The number of allylic oxidation sites excluding steroid dienone is 1. The molecular formula is C13H15N3O. The molecule has 4 nitrogen and oxygen atoms in total. The first-order valence-electron chi connectivity index (χ1n) is 5.86. The summed E-state index contributed by atoms with van der Waals surface area (Å²) >= 11 is 0. The molecule has 2 N–H and O–H groups in total. The predicted molar refractivity (Wildman–Crippen MR) is 66.2 cm³/mol. The maximum atomic E-state index is 11.9. The van der Waals surface area contributed by atoms with Gasteiger partial charge in [-0.1, -0.05) is 18.2 Å². The van der Waals surface area contributed by atoms with E-state index in [-0.39, 0.29) is 11.9 Å². The van der Waals surface area contributed by atoms with Crippen LogP contribution in [0.4, 0.5) is 5.69 Å². The Morgan fingerprint density at radius 2 is 2.06 bits per heavy atom. The first kappa shape index (κ1) is 10.5. The summed E-state index contributed by atoms with van der Waals surface area (Å²) < 4.78 is 0. The van der Waals surface area contributed by atoms with Crippen molar-refractivity contribution in [2.45, 2.75) is 19.5 Å². The zero-order chi connectivity index (χ0) is 11.8. The number of benzene rings is 1. The Labute approximate surface area is 100 Å². The van der Waals surface area contributed by atoms with E-state index >= 15 is 0 Å². The summed E-state index contributed by atoms with van der Waals surface area (Å²) in [5, 5.41) is 5.29. The molecule has 0 aromatic heterocycles. The van der Waals surface area contributed by atoms with Crippen molar-refractivity contribution in [3.63, 3.8) is 0 Å². The second-order valence-corrected chi connectivity index (χ2v) is 4.36. The van der Waals surface area contributed by atoms with Gasteiger partial charge in [-0.15, -0.1) is 0 Å². The number of nitrogens with zero attached hydrogens (tertiary/aromatic N) is 1. The number of hydrazine groups is 1. The van der Waals surface area contributed by atoms with E-state index in [2.05, 4.69) is 10.7 Å². The summed E-state index contributed by atoms with van der Waals surface area (Å²) in [6, 6.07) is 10.0. The van der Waals surface area contributed by atoms with Crippen molar-refractivity contribution in [2.24, 2.45) is 0 Å². The molecular weight excluding hydrogens is 214 g/mol. The Hall–Kier alpha value is -1.65. The van der Waals surface area contributed by atoms with Gasteiger partial charge in [0.05, 0.1) is 5.69 Å². The number of ketones is 1. The van der Waals surface area contributed by atoms with Crippen LogP contribution in [0.3, 0.4) is 0 Å². The number of para-hydroxylation sites is 1. The smallest absolute Gasteiger partial charge is 0.164 e. The molecule has 0 saturated carbocycles. The van der Waals surface area contributed by atoms with Crippen LogP contribution in [-0.2, 0) is 4.79 Å². The van der Waals surface area contributed by atoms with Crippen molar-refractivity contribution in [1.82, 2.24) is 10.7 Å². The highest BCUT2D eigenvalue weighted by molar-refractivity contribution is 5.99. The molecule has 17 heavy (non-hydrogen) atoms. The SMILES string of the molecule is CC1=C2C(=O)CCNC2NN1c1ccccc1. The lowest BCUT2D eigenvalue weighted by atomic mass is 10.0. The van der Waals surface area contributed by atoms with Gasteiger partial charge in [0, 0.05) is 24.2 Å². The lowest BCUT2D eigenvalue weighted by Gasteiger charge is -2.24. The molecule has 0 bridgehead atoms. The van der Waals surface area contributed by atoms with Gasteiger partial charge in [-0.2, -0.15) is 0 Å². The summed E-state index contributed by atoms with van der Waals surface area (Å²) in [6.07, 6.45) is 0.560. The van der Waals surface area contributed by atoms with E-state index in [0.29, 0.717) is 6.42 Å². The molecule has 2 aliphatic heterocycles. The molecule has 2 aliphatic rings. The fraction of sp³-hybridized carbons (Fsp3) is 0.308. The highest BCUT2D eigenvalue weighted by Crippen LogP contribution is 2.28. The minimum atomic E-state index is -0.0311. The lowest BCUT2D eigenvalue weighted by Crippen LogP contribution is -2.49. The molecule has 4 heteroatoms. The molecule has 1 atom stereocenters. The van der Waals surface area contributed by atoms with Crippen LogP contribution >= 0.6 is 0 Å². The van der Waals surface area contributed by atoms with Gasteiger partial charge in [0.2, 0.25) is 0 Å². The van der Waals surface area contributed by atoms with Crippen molar-refractivity contribution in [3.05, 3.63) is 41.6 Å². The van der Waals surface area contributed by atoms with Crippen molar-refractivity contribution in [3.8, 4) is 0 Å².